The van der Waals surface area contributed by atoms with Crippen LogP contribution >= 0.6 is 0 Å². The lowest BCUT2D eigenvalue weighted by Crippen LogP contribution is -2.15. The van der Waals surface area contributed by atoms with Crippen LogP contribution in [0.2, 0.25) is 0 Å². The van der Waals surface area contributed by atoms with E-state index < -0.39 is 29.0 Å². The highest BCUT2D eigenvalue weighted by atomic mass is 19.2. The summed E-state index contributed by atoms with van der Waals surface area (Å²) in [7, 11) is 0. The number of hydrogen-bond acceptors (Lipinski definition) is 2. The maximum Gasteiger partial charge on any atom is 0.250 e. The molecular formula is C16H15F3N2O. The van der Waals surface area contributed by atoms with E-state index in [-0.39, 0.29) is 11.3 Å². The molecule has 0 aliphatic heterocycles. The Kier molecular flexibility index (Phi) is 4.70. The number of nitrogens with one attached hydrogen (secondary N) is 1. The van der Waals surface area contributed by atoms with Gasteiger partial charge in [0.15, 0.2) is 11.6 Å². The van der Waals surface area contributed by atoms with Crippen LogP contribution in [0.3, 0.4) is 0 Å². The second kappa shape index (κ2) is 6.51. The first-order valence-corrected chi connectivity index (χ1v) is 6.77. The van der Waals surface area contributed by atoms with Crippen molar-refractivity contribution in [2.24, 2.45) is 5.73 Å². The lowest BCUT2D eigenvalue weighted by Gasteiger charge is -2.13. The number of aryl methyl sites for hydroxylation is 1. The van der Waals surface area contributed by atoms with Gasteiger partial charge >= 0.3 is 0 Å². The molecule has 0 fully saturated rings. The van der Waals surface area contributed by atoms with Crippen molar-refractivity contribution in [2.75, 3.05) is 5.32 Å². The van der Waals surface area contributed by atoms with Gasteiger partial charge in [-0.2, -0.15) is 0 Å². The van der Waals surface area contributed by atoms with Gasteiger partial charge in [0.1, 0.15) is 5.82 Å². The highest BCUT2D eigenvalue weighted by Gasteiger charge is 2.18. The Morgan fingerprint density at radius 2 is 1.86 bits per heavy atom. The molecule has 3 nitrogen and oxygen atoms in total. The molecule has 3 N–H and O–H groups in total. The molecule has 0 aliphatic carbocycles. The molecule has 22 heavy (non-hydrogen) atoms. The minimum atomic E-state index is -1.28. The van der Waals surface area contributed by atoms with Crippen molar-refractivity contribution < 1.29 is 18.0 Å². The molecule has 0 aromatic heterocycles. The number of hydrogen-bond donors (Lipinski definition) is 2. The Labute approximate surface area is 125 Å². The van der Waals surface area contributed by atoms with Gasteiger partial charge in [0.05, 0.1) is 16.9 Å². The monoisotopic (exact) mass is 308 g/mol. The third-order valence-corrected chi connectivity index (χ3v) is 3.19. The molecule has 0 radical (unpaired) electrons. The number of primary amides is 1. The molecule has 2 aromatic rings. The van der Waals surface area contributed by atoms with Crippen molar-refractivity contribution in [1.29, 1.82) is 0 Å². The summed E-state index contributed by atoms with van der Waals surface area (Å²) in [6, 6.07) is 6.24. The molecule has 116 valence electrons. The second-order valence-electron chi connectivity index (χ2n) is 4.84. The van der Waals surface area contributed by atoms with Crippen LogP contribution in [0.25, 0.3) is 0 Å². The number of halogens is 3. The van der Waals surface area contributed by atoms with Crippen LogP contribution in [0.4, 0.5) is 24.5 Å². The molecule has 2 aromatic carbocycles. The van der Waals surface area contributed by atoms with Gasteiger partial charge in [0, 0.05) is 0 Å². The Morgan fingerprint density at radius 1 is 1.14 bits per heavy atom. The lowest BCUT2D eigenvalue weighted by molar-refractivity contribution is 0.100. The molecule has 2 rings (SSSR count). The van der Waals surface area contributed by atoms with Crippen LogP contribution < -0.4 is 11.1 Å². The largest absolute Gasteiger partial charge is 0.366 e. The second-order valence-corrected chi connectivity index (χ2v) is 4.84. The Balaban J connectivity index is 2.42. The zero-order valence-electron chi connectivity index (χ0n) is 11.9. The van der Waals surface area contributed by atoms with Crippen LogP contribution in [0.5, 0.6) is 0 Å². The fraction of sp³-hybridized carbons (Fsp3) is 0.188. The van der Waals surface area contributed by atoms with Gasteiger partial charge in [0.2, 0.25) is 0 Å². The first-order chi connectivity index (χ1) is 10.4. The molecule has 0 atom stereocenters. The predicted molar refractivity (Wildman–Crippen MR) is 78.6 cm³/mol. The number of carbonyl (C=O) groups is 1. The fourth-order valence-electron chi connectivity index (χ4n) is 2.12. The Bertz CT molecular complexity index is 717. The van der Waals surface area contributed by atoms with E-state index in [0.29, 0.717) is 6.42 Å². The zero-order chi connectivity index (χ0) is 16.3. The predicted octanol–water partition coefficient (Wildman–Crippen LogP) is 3.90. The quantitative estimate of drug-likeness (QED) is 0.880. The van der Waals surface area contributed by atoms with Crippen LogP contribution in [-0.2, 0) is 6.42 Å². The number of nitrogens with two attached hydrogens (primary N) is 1. The fourth-order valence-corrected chi connectivity index (χ4v) is 2.12. The third-order valence-electron chi connectivity index (χ3n) is 3.19. The van der Waals surface area contributed by atoms with Crippen LogP contribution in [0, 0.1) is 17.5 Å². The Morgan fingerprint density at radius 3 is 2.45 bits per heavy atom. The van der Waals surface area contributed by atoms with Gasteiger partial charge in [-0.15, -0.1) is 0 Å². The number of rotatable bonds is 5. The van der Waals surface area contributed by atoms with Gasteiger partial charge in [-0.05, 0) is 36.2 Å². The Hall–Kier alpha value is -2.50. The molecule has 0 saturated heterocycles. The lowest BCUT2D eigenvalue weighted by atomic mass is 10.1. The van der Waals surface area contributed by atoms with E-state index in [1.165, 1.54) is 12.1 Å². The van der Waals surface area contributed by atoms with E-state index in [1.807, 2.05) is 6.92 Å². The summed E-state index contributed by atoms with van der Waals surface area (Å²) in [5.41, 5.74) is 5.13. The van der Waals surface area contributed by atoms with E-state index in [1.54, 1.807) is 6.07 Å². The van der Waals surface area contributed by atoms with Crippen molar-refractivity contribution in [1.82, 2.24) is 0 Å². The first-order valence-electron chi connectivity index (χ1n) is 6.77. The van der Waals surface area contributed by atoms with E-state index in [0.717, 1.165) is 24.1 Å². The number of carbonyl (C=O) groups excluding carboxylic acids is 1. The summed E-state index contributed by atoms with van der Waals surface area (Å²) in [6.07, 6.45) is 1.56. The average Bonchev–Trinajstić information content (AvgIpc) is 2.46. The molecule has 0 saturated carbocycles. The van der Waals surface area contributed by atoms with Crippen LogP contribution in [0.15, 0.2) is 30.3 Å². The van der Waals surface area contributed by atoms with Crippen molar-refractivity contribution in [3.63, 3.8) is 0 Å². The van der Waals surface area contributed by atoms with E-state index in [2.05, 4.69) is 5.32 Å². The highest BCUT2D eigenvalue weighted by molar-refractivity contribution is 5.99. The minimum Gasteiger partial charge on any atom is -0.366 e. The van der Waals surface area contributed by atoms with Gasteiger partial charge < -0.3 is 11.1 Å². The average molecular weight is 308 g/mol. The molecule has 0 spiro atoms. The van der Waals surface area contributed by atoms with Crippen LogP contribution in [0.1, 0.15) is 29.3 Å². The van der Waals surface area contributed by atoms with Crippen molar-refractivity contribution in [3.05, 3.63) is 58.9 Å². The molecule has 1 amide bonds. The van der Waals surface area contributed by atoms with Gasteiger partial charge in [-0.25, -0.2) is 13.2 Å². The normalized spacial score (nSPS) is 10.5. The van der Waals surface area contributed by atoms with Crippen molar-refractivity contribution >= 4 is 17.3 Å². The van der Waals surface area contributed by atoms with Gasteiger partial charge in [-0.3, -0.25) is 4.79 Å². The summed E-state index contributed by atoms with van der Waals surface area (Å²) < 4.78 is 41.2. The molecule has 0 aliphatic rings. The van der Waals surface area contributed by atoms with Crippen LogP contribution in [-0.4, -0.2) is 5.91 Å². The number of amides is 1. The standard InChI is InChI=1S/C16H15F3N2O/c1-2-3-9-4-7-13(12(18)8-9)21-15-10(16(20)22)5-6-11(17)14(15)19/h4-8,21H,2-3H2,1H3,(H2,20,22). The van der Waals surface area contributed by atoms with E-state index >= 15 is 0 Å². The van der Waals surface area contributed by atoms with Gasteiger partial charge in [-0.1, -0.05) is 19.4 Å². The van der Waals surface area contributed by atoms with Gasteiger partial charge in [0.25, 0.3) is 5.91 Å². The minimum absolute atomic E-state index is 0.0631. The van der Waals surface area contributed by atoms with E-state index in [4.69, 9.17) is 5.73 Å². The highest BCUT2D eigenvalue weighted by Crippen LogP contribution is 2.28. The smallest absolute Gasteiger partial charge is 0.250 e. The maximum absolute atomic E-state index is 14.0. The van der Waals surface area contributed by atoms with Crippen molar-refractivity contribution in [2.45, 2.75) is 19.8 Å². The summed E-state index contributed by atoms with van der Waals surface area (Å²) in [4.78, 5) is 11.3. The number of anilines is 2. The maximum atomic E-state index is 14.0. The molecule has 0 heterocycles. The molecular weight excluding hydrogens is 293 g/mol. The SMILES string of the molecule is CCCc1ccc(Nc2c(C(N)=O)ccc(F)c2F)c(F)c1. The number of benzene rings is 2. The zero-order valence-corrected chi connectivity index (χ0v) is 11.9. The van der Waals surface area contributed by atoms with E-state index in [9.17, 15) is 18.0 Å². The van der Waals surface area contributed by atoms with Crippen molar-refractivity contribution in [3.8, 4) is 0 Å². The summed E-state index contributed by atoms with van der Waals surface area (Å²) in [6.45, 7) is 1.96. The molecule has 0 unspecified atom stereocenters. The molecule has 0 bridgehead atoms. The summed E-state index contributed by atoms with van der Waals surface area (Å²) >= 11 is 0. The first kappa shape index (κ1) is 15.9. The summed E-state index contributed by atoms with van der Waals surface area (Å²) in [5.74, 6) is -4.00. The summed E-state index contributed by atoms with van der Waals surface area (Å²) in [5, 5.41) is 2.41. The third kappa shape index (κ3) is 3.21. The molecule has 6 heteroatoms. The topological polar surface area (TPSA) is 55.1 Å².